The third-order valence-electron chi connectivity index (χ3n) is 3.71. The molecule has 0 unspecified atom stereocenters. The van der Waals surface area contributed by atoms with Crippen molar-refractivity contribution in [2.24, 2.45) is 0 Å². The van der Waals surface area contributed by atoms with E-state index in [-0.39, 0.29) is 5.69 Å². The number of imidazole rings is 1. The Labute approximate surface area is 136 Å². The van der Waals surface area contributed by atoms with E-state index >= 15 is 0 Å². The molecule has 0 fully saturated rings. The highest BCUT2D eigenvalue weighted by Gasteiger charge is 2.22. The van der Waals surface area contributed by atoms with Gasteiger partial charge in [0.05, 0.1) is 0 Å². The highest BCUT2D eigenvalue weighted by Crippen LogP contribution is 2.30. The molecule has 3 aromatic rings. The summed E-state index contributed by atoms with van der Waals surface area (Å²) in [7, 11) is 0. The molecule has 0 atom stereocenters. The molecular formula is C17H15BrN2O2. The lowest BCUT2D eigenvalue weighted by Gasteiger charge is -2.05. The molecule has 0 spiro atoms. The predicted molar refractivity (Wildman–Crippen MR) is 89.5 cm³/mol. The SMILES string of the molecule is Cc1ccc(-c2nc3c(C)cc(Br)cn3c2C(=O)O)c(C)c1. The molecule has 2 heterocycles. The van der Waals surface area contributed by atoms with Gasteiger partial charge in [-0.1, -0.05) is 23.8 Å². The number of benzene rings is 1. The maximum Gasteiger partial charge on any atom is 0.355 e. The van der Waals surface area contributed by atoms with Crippen molar-refractivity contribution in [2.75, 3.05) is 0 Å². The van der Waals surface area contributed by atoms with E-state index in [1.807, 2.05) is 45.0 Å². The zero-order chi connectivity index (χ0) is 16.0. The fraction of sp³-hybridized carbons (Fsp3) is 0.176. The molecule has 22 heavy (non-hydrogen) atoms. The highest BCUT2D eigenvalue weighted by molar-refractivity contribution is 9.10. The average molecular weight is 359 g/mol. The Morgan fingerprint density at radius 2 is 1.91 bits per heavy atom. The maximum atomic E-state index is 11.8. The second-order valence-corrected chi connectivity index (χ2v) is 6.38. The number of hydrogen-bond acceptors (Lipinski definition) is 2. The van der Waals surface area contributed by atoms with E-state index in [0.717, 1.165) is 26.7 Å². The van der Waals surface area contributed by atoms with Crippen molar-refractivity contribution < 1.29 is 9.90 Å². The lowest BCUT2D eigenvalue weighted by Crippen LogP contribution is -2.04. The van der Waals surface area contributed by atoms with Crippen molar-refractivity contribution >= 4 is 27.5 Å². The van der Waals surface area contributed by atoms with Crippen LogP contribution in [-0.4, -0.2) is 20.5 Å². The van der Waals surface area contributed by atoms with Crippen LogP contribution < -0.4 is 0 Å². The van der Waals surface area contributed by atoms with E-state index in [1.54, 1.807) is 10.6 Å². The van der Waals surface area contributed by atoms with Gasteiger partial charge in [0.15, 0.2) is 5.69 Å². The highest BCUT2D eigenvalue weighted by atomic mass is 79.9. The molecule has 0 bridgehead atoms. The van der Waals surface area contributed by atoms with Gasteiger partial charge in [-0.25, -0.2) is 9.78 Å². The molecule has 0 aliphatic heterocycles. The second-order valence-electron chi connectivity index (χ2n) is 5.47. The number of nitrogens with zero attached hydrogens (tertiary/aromatic N) is 2. The summed E-state index contributed by atoms with van der Waals surface area (Å²) in [5, 5.41) is 9.67. The molecule has 3 rings (SSSR count). The summed E-state index contributed by atoms with van der Waals surface area (Å²) in [6.45, 7) is 5.91. The van der Waals surface area contributed by atoms with Crippen LogP contribution >= 0.6 is 15.9 Å². The second kappa shape index (κ2) is 5.25. The normalized spacial score (nSPS) is 11.1. The molecule has 0 saturated heterocycles. The number of fused-ring (bicyclic) bond motifs is 1. The number of aromatic nitrogens is 2. The average Bonchev–Trinajstić information content (AvgIpc) is 2.78. The lowest BCUT2D eigenvalue weighted by atomic mass is 10.0. The van der Waals surface area contributed by atoms with Gasteiger partial charge >= 0.3 is 5.97 Å². The van der Waals surface area contributed by atoms with Crippen LogP contribution in [0.25, 0.3) is 16.9 Å². The Balaban J connectivity index is 2.41. The minimum Gasteiger partial charge on any atom is -0.476 e. The summed E-state index contributed by atoms with van der Waals surface area (Å²) in [5.41, 5.74) is 5.28. The number of carboxylic acid groups (broad SMARTS) is 1. The zero-order valence-corrected chi connectivity index (χ0v) is 14.1. The van der Waals surface area contributed by atoms with Gasteiger partial charge in [0.25, 0.3) is 0 Å². The van der Waals surface area contributed by atoms with Crippen LogP contribution in [-0.2, 0) is 0 Å². The molecule has 0 aliphatic carbocycles. The standard InChI is InChI=1S/C17H15BrN2O2/c1-9-4-5-13(10(2)6-9)14-15(17(21)22)20-8-12(18)7-11(3)16(20)19-14/h4-8H,1-3H3,(H,21,22). The fourth-order valence-corrected chi connectivity index (χ4v) is 3.29. The minimum atomic E-state index is -0.986. The number of aromatic carboxylic acids is 1. The molecule has 112 valence electrons. The number of hydrogen-bond donors (Lipinski definition) is 1. The number of aryl methyl sites for hydroxylation is 3. The first-order chi connectivity index (χ1) is 10.4. The van der Waals surface area contributed by atoms with Crippen molar-refractivity contribution in [3.05, 3.63) is 57.3 Å². The first-order valence-electron chi connectivity index (χ1n) is 6.87. The molecule has 0 saturated carbocycles. The summed E-state index contributed by atoms with van der Waals surface area (Å²) in [6.07, 6.45) is 1.74. The minimum absolute atomic E-state index is 0.186. The van der Waals surface area contributed by atoms with E-state index in [9.17, 15) is 9.90 Å². The molecular weight excluding hydrogens is 344 g/mol. The largest absolute Gasteiger partial charge is 0.476 e. The van der Waals surface area contributed by atoms with Crippen molar-refractivity contribution in [1.29, 1.82) is 0 Å². The number of carbonyl (C=O) groups is 1. The fourth-order valence-electron chi connectivity index (χ4n) is 2.74. The molecule has 4 nitrogen and oxygen atoms in total. The van der Waals surface area contributed by atoms with Gasteiger partial charge in [-0.05, 0) is 53.9 Å². The molecule has 2 aromatic heterocycles. The van der Waals surface area contributed by atoms with E-state index in [2.05, 4.69) is 20.9 Å². The Kier molecular flexibility index (Phi) is 3.53. The van der Waals surface area contributed by atoms with Crippen LogP contribution in [0.4, 0.5) is 0 Å². The van der Waals surface area contributed by atoms with E-state index in [4.69, 9.17) is 0 Å². The number of rotatable bonds is 2. The Morgan fingerprint density at radius 3 is 2.55 bits per heavy atom. The number of halogens is 1. The smallest absolute Gasteiger partial charge is 0.355 e. The summed E-state index contributed by atoms with van der Waals surface area (Å²) < 4.78 is 2.46. The van der Waals surface area contributed by atoms with Gasteiger partial charge in [-0.15, -0.1) is 0 Å². The van der Waals surface area contributed by atoms with Gasteiger partial charge < -0.3 is 5.11 Å². The van der Waals surface area contributed by atoms with Gasteiger partial charge in [-0.2, -0.15) is 0 Å². The van der Waals surface area contributed by atoms with Gasteiger partial charge in [0.1, 0.15) is 11.3 Å². The first kappa shape index (κ1) is 14.8. The molecule has 1 aromatic carbocycles. The van der Waals surface area contributed by atoms with Crippen LogP contribution in [0.3, 0.4) is 0 Å². The summed E-state index contributed by atoms with van der Waals surface area (Å²) in [4.78, 5) is 16.4. The third kappa shape index (κ3) is 2.31. The van der Waals surface area contributed by atoms with Crippen LogP contribution in [0.5, 0.6) is 0 Å². The Bertz CT molecular complexity index is 913. The number of pyridine rings is 1. The molecule has 5 heteroatoms. The van der Waals surface area contributed by atoms with E-state index in [0.29, 0.717) is 11.3 Å². The predicted octanol–water partition coefficient (Wildman–Crippen LogP) is 4.39. The van der Waals surface area contributed by atoms with Crippen LogP contribution in [0.2, 0.25) is 0 Å². The van der Waals surface area contributed by atoms with Crippen molar-refractivity contribution in [3.63, 3.8) is 0 Å². The maximum absolute atomic E-state index is 11.8. The van der Waals surface area contributed by atoms with E-state index in [1.165, 1.54) is 0 Å². The lowest BCUT2D eigenvalue weighted by molar-refractivity contribution is 0.0690. The van der Waals surface area contributed by atoms with E-state index < -0.39 is 5.97 Å². The van der Waals surface area contributed by atoms with Crippen molar-refractivity contribution in [1.82, 2.24) is 9.38 Å². The zero-order valence-electron chi connectivity index (χ0n) is 12.5. The van der Waals surface area contributed by atoms with Crippen LogP contribution in [0.1, 0.15) is 27.2 Å². The van der Waals surface area contributed by atoms with Crippen LogP contribution in [0.15, 0.2) is 34.9 Å². The van der Waals surface area contributed by atoms with Crippen LogP contribution in [0, 0.1) is 20.8 Å². The Morgan fingerprint density at radius 1 is 1.18 bits per heavy atom. The topological polar surface area (TPSA) is 54.6 Å². The third-order valence-corrected chi connectivity index (χ3v) is 4.14. The Hall–Kier alpha value is -2.14. The summed E-state index contributed by atoms with van der Waals surface area (Å²) >= 11 is 3.41. The number of carboxylic acids is 1. The monoisotopic (exact) mass is 358 g/mol. The molecule has 1 N–H and O–H groups in total. The summed E-state index contributed by atoms with van der Waals surface area (Å²) in [5.74, 6) is -0.986. The molecule has 0 aliphatic rings. The molecule has 0 radical (unpaired) electrons. The van der Waals surface area contributed by atoms with Crippen molar-refractivity contribution in [3.8, 4) is 11.3 Å². The summed E-state index contributed by atoms with van der Waals surface area (Å²) in [6, 6.07) is 7.87. The van der Waals surface area contributed by atoms with Gasteiger partial charge in [-0.3, -0.25) is 4.40 Å². The first-order valence-corrected chi connectivity index (χ1v) is 7.67. The van der Waals surface area contributed by atoms with Crippen molar-refractivity contribution in [2.45, 2.75) is 20.8 Å². The molecule has 0 amide bonds. The quantitative estimate of drug-likeness (QED) is 0.739. The van der Waals surface area contributed by atoms with Gasteiger partial charge in [0.2, 0.25) is 0 Å². The van der Waals surface area contributed by atoms with Gasteiger partial charge in [0, 0.05) is 16.2 Å².